The van der Waals surface area contributed by atoms with Gasteiger partial charge in [0, 0.05) is 17.1 Å². The maximum absolute atomic E-state index is 11.0. The van der Waals surface area contributed by atoms with Crippen LogP contribution in [0.15, 0.2) is 59.2 Å². The van der Waals surface area contributed by atoms with Gasteiger partial charge in [0.05, 0.1) is 10.6 Å². The Labute approximate surface area is 129 Å². The predicted octanol–water partition coefficient (Wildman–Crippen LogP) is 4.03. The molecule has 1 N–H and O–H groups in total. The topological polar surface area (TPSA) is 94.1 Å². The van der Waals surface area contributed by atoms with E-state index in [1.54, 1.807) is 6.07 Å². The zero-order valence-electron chi connectivity index (χ0n) is 11.8. The van der Waals surface area contributed by atoms with Crippen LogP contribution < -0.4 is 5.32 Å². The molecular weight excluding hydrogens is 296 g/mol. The molecule has 0 bridgehead atoms. The highest BCUT2D eigenvalue weighted by Gasteiger charge is 2.19. The van der Waals surface area contributed by atoms with Crippen molar-refractivity contribution in [2.45, 2.75) is 0 Å². The summed E-state index contributed by atoms with van der Waals surface area (Å²) in [5.41, 5.74) is 1.79. The molecule has 4 rings (SSSR count). The van der Waals surface area contributed by atoms with E-state index in [9.17, 15) is 10.1 Å². The molecule has 7 nitrogen and oxygen atoms in total. The van der Waals surface area contributed by atoms with Gasteiger partial charge < -0.3 is 5.32 Å². The molecule has 4 aromatic rings. The number of non-ortho nitro benzene ring substituents is 1. The molecule has 7 heteroatoms. The molecular formula is C16H10N4O3. The van der Waals surface area contributed by atoms with Crippen LogP contribution in [0, 0.1) is 10.1 Å². The fourth-order valence-corrected chi connectivity index (χ4v) is 2.58. The minimum absolute atomic E-state index is 0.125. The summed E-state index contributed by atoms with van der Waals surface area (Å²) in [4.78, 5) is 10.5. The van der Waals surface area contributed by atoms with Crippen LogP contribution in [0.4, 0.5) is 17.1 Å². The molecule has 3 aromatic carbocycles. The highest BCUT2D eigenvalue weighted by Crippen LogP contribution is 2.32. The molecule has 0 radical (unpaired) electrons. The van der Waals surface area contributed by atoms with Gasteiger partial charge >= 0.3 is 5.69 Å². The average molecular weight is 306 g/mol. The van der Waals surface area contributed by atoms with Crippen molar-refractivity contribution in [2.24, 2.45) is 0 Å². The van der Waals surface area contributed by atoms with Gasteiger partial charge in [0.2, 0.25) is 5.52 Å². The van der Waals surface area contributed by atoms with E-state index in [1.807, 2.05) is 42.5 Å². The summed E-state index contributed by atoms with van der Waals surface area (Å²) in [5, 5.41) is 23.8. The van der Waals surface area contributed by atoms with Crippen molar-refractivity contribution in [1.29, 1.82) is 0 Å². The van der Waals surface area contributed by atoms with Crippen molar-refractivity contribution in [1.82, 2.24) is 10.3 Å². The van der Waals surface area contributed by atoms with Crippen molar-refractivity contribution >= 4 is 38.9 Å². The molecule has 1 heterocycles. The number of aromatic nitrogens is 2. The van der Waals surface area contributed by atoms with E-state index in [0.717, 1.165) is 16.5 Å². The van der Waals surface area contributed by atoms with Crippen molar-refractivity contribution in [3.63, 3.8) is 0 Å². The zero-order valence-corrected chi connectivity index (χ0v) is 11.8. The second-order valence-electron chi connectivity index (χ2n) is 5.00. The first-order valence-electron chi connectivity index (χ1n) is 6.88. The van der Waals surface area contributed by atoms with Crippen molar-refractivity contribution < 1.29 is 9.55 Å². The Hall–Kier alpha value is -3.48. The number of benzene rings is 3. The normalized spacial score (nSPS) is 11.0. The van der Waals surface area contributed by atoms with Gasteiger partial charge in [-0.2, -0.15) is 0 Å². The van der Waals surface area contributed by atoms with Gasteiger partial charge in [-0.3, -0.25) is 10.1 Å². The van der Waals surface area contributed by atoms with Gasteiger partial charge in [-0.15, -0.1) is 0 Å². The third kappa shape index (κ3) is 2.15. The summed E-state index contributed by atoms with van der Waals surface area (Å²) in [6, 6.07) is 16.8. The zero-order chi connectivity index (χ0) is 15.8. The van der Waals surface area contributed by atoms with Gasteiger partial charge in [-0.05, 0) is 27.8 Å². The van der Waals surface area contributed by atoms with E-state index in [0.29, 0.717) is 11.2 Å². The van der Waals surface area contributed by atoms with Crippen molar-refractivity contribution in [2.75, 3.05) is 5.32 Å². The number of nitrogens with zero attached hydrogens (tertiary/aromatic N) is 3. The Morgan fingerprint density at radius 2 is 1.70 bits per heavy atom. The lowest BCUT2D eigenvalue weighted by molar-refractivity contribution is -0.383. The molecule has 0 aliphatic rings. The van der Waals surface area contributed by atoms with Crippen LogP contribution in [-0.2, 0) is 0 Å². The standard InChI is InChI=1S/C16H10N4O3/c21-20(22)14-9-8-13(15-16(14)19-23-18-15)17-12-7-3-5-10-4-1-2-6-11(10)12/h1-9,17H. The van der Waals surface area contributed by atoms with Crippen molar-refractivity contribution in [3.8, 4) is 0 Å². The Bertz CT molecular complexity index is 1040. The third-order valence-corrected chi connectivity index (χ3v) is 3.65. The van der Waals surface area contributed by atoms with Gasteiger partial charge in [-0.1, -0.05) is 36.4 Å². The first kappa shape index (κ1) is 13.2. The third-order valence-electron chi connectivity index (χ3n) is 3.65. The maximum atomic E-state index is 11.0. The number of hydrogen-bond acceptors (Lipinski definition) is 6. The molecule has 0 atom stereocenters. The van der Waals surface area contributed by atoms with E-state index >= 15 is 0 Å². The minimum Gasteiger partial charge on any atom is -0.353 e. The molecule has 23 heavy (non-hydrogen) atoms. The molecule has 0 spiro atoms. The van der Waals surface area contributed by atoms with Gasteiger partial charge in [0.25, 0.3) is 0 Å². The Morgan fingerprint density at radius 3 is 2.57 bits per heavy atom. The maximum Gasteiger partial charge on any atom is 0.300 e. The number of nitro groups is 1. The first-order valence-corrected chi connectivity index (χ1v) is 6.88. The van der Waals surface area contributed by atoms with E-state index in [2.05, 4.69) is 20.3 Å². The number of anilines is 2. The van der Waals surface area contributed by atoms with E-state index in [1.165, 1.54) is 6.07 Å². The largest absolute Gasteiger partial charge is 0.353 e. The highest BCUT2D eigenvalue weighted by molar-refractivity contribution is 6.00. The summed E-state index contributed by atoms with van der Waals surface area (Å²) < 4.78 is 4.68. The second kappa shape index (κ2) is 5.06. The van der Waals surface area contributed by atoms with Gasteiger partial charge in [0.1, 0.15) is 0 Å². The molecule has 0 aliphatic carbocycles. The highest BCUT2D eigenvalue weighted by atomic mass is 16.6. The summed E-state index contributed by atoms with van der Waals surface area (Å²) >= 11 is 0. The van der Waals surface area contributed by atoms with E-state index in [4.69, 9.17) is 0 Å². The predicted molar refractivity (Wildman–Crippen MR) is 85.7 cm³/mol. The summed E-state index contributed by atoms with van der Waals surface area (Å²) in [6.07, 6.45) is 0. The first-order chi connectivity index (χ1) is 11.2. The van der Waals surface area contributed by atoms with Crippen molar-refractivity contribution in [3.05, 3.63) is 64.7 Å². The average Bonchev–Trinajstić information content (AvgIpc) is 3.05. The van der Waals surface area contributed by atoms with Crippen LogP contribution >= 0.6 is 0 Å². The number of nitro benzene ring substituents is 1. The molecule has 0 saturated heterocycles. The van der Waals surface area contributed by atoms with Crippen LogP contribution in [0.5, 0.6) is 0 Å². The van der Waals surface area contributed by atoms with Crippen LogP contribution in [0.3, 0.4) is 0 Å². The quantitative estimate of drug-likeness (QED) is 0.453. The number of nitrogens with one attached hydrogen (secondary N) is 1. The number of hydrogen-bond donors (Lipinski definition) is 1. The lowest BCUT2D eigenvalue weighted by Crippen LogP contribution is -1.95. The van der Waals surface area contributed by atoms with E-state index < -0.39 is 4.92 Å². The molecule has 0 fully saturated rings. The number of rotatable bonds is 3. The van der Waals surface area contributed by atoms with Crippen LogP contribution in [0.25, 0.3) is 21.8 Å². The van der Waals surface area contributed by atoms with Gasteiger partial charge in [-0.25, -0.2) is 4.63 Å². The molecule has 0 saturated carbocycles. The Balaban J connectivity index is 1.86. The fourth-order valence-electron chi connectivity index (χ4n) is 2.58. The summed E-state index contributed by atoms with van der Waals surface area (Å²) in [5.74, 6) is 0. The lowest BCUT2D eigenvalue weighted by Gasteiger charge is -2.09. The smallest absolute Gasteiger partial charge is 0.300 e. The number of fused-ring (bicyclic) bond motifs is 2. The minimum atomic E-state index is -0.506. The van der Waals surface area contributed by atoms with E-state index in [-0.39, 0.29) is 11.2 Å². The Morgan fingerprint density at radius 1 is 0.913 bits per heavy atom. The molecule has 0 aliphatic heterocycles. The second-order valence-corrected chi connectivity index (χ2v) is 5.00. The monoisotopic (exact) mass is 306 g/mol. The summed E-state index contributed by atoms with van der Waals surface area (Å²) in [7, 11) is 0. The van der Waals surface area contributed by atoms with Crippen LogP contribution in [0.1, 0.15) is 0 Å². The SMILES string of the molecule is O=[N+]([O-])c1ccc(Nc2cccc3ccccc23)c2nonc12. The Kier molecular flexibility index (Phi) is 2.90. The van der Waals surface area contributed by atoms with Crippen LogP contribution in [-0.4, -0.2) is 15.2 Å². The molecule has 1 aromatic heterocycles. The molecule has 0 unspecified atom stereocenters. The lowest BCUT2D eigenvalue weighted by atomic mass is 10.1. The fraction of sp³-hybridized carbons (Fsp3) is 0. The molecule has 0 amide bonds. The summed E-state index contributed by atoms with van der Waals surface area (Å²) in [6.45, 7) is 0. The van der Waals surface area contributed by atoms with Gasteiger partial charge in [0.15, 0.2) is 5.52 Å². The molecule has 112 valence electrons. The van der Waals surface area contributed by atoms with Crippen LogP contribution in [0.2, 0.25) is 0 Å².